The summed E-state index contributed by atoms with van der Waals surface area (Å²) in [6.45, 7) is 5.70. The SMILES string of the molecule is C[C@H]1OCCN[C@@H]1C(=O)N1CCN(C(=O)NC2CCCCC2)CC1. The summed E-state index contributed by atoms with van der Waals surface area (Å²) in [6.07, 6.45) is 5.79. The number of ether oxygens (including phenoxy) is 1. The lowest BCUT2D eigenvalue weighted by Gasteiger charge is -2.39. The standard InChI is InChI=1S/C17H30N4O3/c1-13-15(18-7-12-24-13)16(22)20-8-10-21(11-9-20)17(23)19-14-5-3-2-4-6-14/h13-15,18H,2-12H2,1H3,(H,19,23)/t13-,15+/m1/s1. The summed E-state index contributed by atoms with van der Waals surface area (Å²) in [4.78, 5) is 28.7. The Morgan fingerprint density at radius 1 is 1.04 bits per heavy atom. The molecule has 136 valence electrons. The van der Waals surface area contributed by atoms with Gasteiger partial charge in [-0.05, 0) is 19.8 Å². The Hall–Kier alpha value is -1.34. The van der Waals surface area contributed by atoms with E-state index in [1.807, 2.05) is 16.7 Å². The molecule has 1 saturated carbocycles. The van der Waals surface area contributed by atoms with Crippen LogP contribution in [0.2, 0.25) is 0 Å². The number of amides is 3. The summed E-state index contributed by atoms with van der Waals surface area (Å²) in [5.74, 6) is 0.0922. The minimum Gasteiger partial charge on any atom is -0.375 e. The van der Waals surface area contributed by atoms with Crippen molar-refractivity contribution in [1.82, 2.24) is 20.4 Å². The largest absolute Gasteiger partial charge is 0.375 e. The van der Waals surface area contributed by atoms with Gasteiger partial charge in [-0.3, -0.25) is 4.79 Å². The smallest absolute Gasteiger partial charge is 0.317 e. The first-order valence-electron chi connectivity index (χ1n) is 9.34. The van der Waals surface area contributed by atoms with Crippen molar-refractivity contribution in [3.8, 4) is 0 Å². The monoisotopic (exact) mass is 338 g/mol. The summed E-state index contributed by atoms with van der Waals surface area (Å²) < 4.78 is 5.56. The molecule has 0 aromatic heterocycles. The second-order valence-electron chi connectivity index (χ2n) is 7.10. The zero-order chi connectivity index (χ0) is 16.9. The van der Waals surface area contributed by atoms with Gasteiger partial charge in [-0.25, -0.2) is 4.79 Å². The number of urea groups is 1. The number of hydrogen-bond donors (Lipinski definition) is 2. The Kier molecular flexibility index (Phi) is 5.94. The molecule has 2 heterocycles. The Morgan fingerprint density at radius 3 is 2.38 bits per heavy atom. The van der Waals surface area contributed by atoms with E-state index in [4.69, 9.17) is 4.74 Å². The lowest BCUT2D eigenvalue weighted by molar-refractivity contribution is -0.140. The number of piperazine rings is 1. The fourth-order valence-corrected chi connectivity index (χ4v) is 3.85. The lowest BCUT2D eigenvalue weighted by atomic mass is 9.96. The molecular weight excluding hydrogens is 308 g/mol. The van der Waals surface area contributed by atoms with Gasteiger partial charge in [0, 0.05) is 38.8 Å². The molecule has 0 spiro atoms. The first-order chi connectivity index (χ1) is 11.6. The minimum atomic E-state index is -0.263. The highest BCUT2D eigenvalue weighted by Crippen LogP contribution is 2.18. The van der Waals surface area contributed by atoms with Gasteiger partial charge < -0.3 is 25.2 Å². The molecular formula is C17H30N4O3. The maximum atomic E-state index is 12.6. The topological polar surface area (TPSA) is 73.9 Å². The van der Waals surface area contributed by atoms with Crippen LogP contribution in [0.1, 0.15) is 39.0 Å². The number of carbonyl (C=O) groups excluding carboxylic acids is 2. The van der Waals surface area contributed by atoms with Crippen molar-refractivity contribution in [2.24, 2.45) is 0 Å². The van der Waals surface area contributed by atoms with E-state index in [-0.39, 0.29) is 24.1 Å². The van der Waals surface area contributed by atoms with Gasteiger partial charge in [-0.2, -0.15) is 0 Å². The van der Waals surface area contributed by atoms with Crippen LogP contribution in [0, 0.1) is 0 Å². The Morgan fingerprint density at radius 2 is 1.71 bits per heavy atom. The van der Waals surface area contributed by atoms with Crippen LogP contribution in [-0.4, -0.2) is 79.3 Å². The quantitative estimate of drug-likeness (QED) is 0.771. The number of nitrogens with zero attached hydrogens (tertiary/aromatic N) is 2. The Bertz CT molecular complexity index is 445. The van der Waals surface area contributed by atoms with Crippen LogP contribution < -0.4 is 10.6 Å². The predicted molar refractivity (Wildman–Crippen MR) is 90.8 cm³/mol. The van der Waals surface area contributed by atoms with E-state index in [9.17, 15) is 9.59 Å². The van der Waals surface area contributed by atoms with E-state index in [2.05, 4.69) is 10.6 Å². The van der Waals surface area contributed by atoms with E-state index in [1.54, 1.807) is 0 Å². The van der Waals surface area contributed by atoms with Crippen LogP contribution >= 0.6 is 0 Å². The molecule has 24 heavy (non-hydrogen) atoms. The van der Waals surface area contributed by atoms with Gasteiger partial charge in [-0.1, -0.05) is 19.3 Å². The molecule has 3 amide bonds. The van der Waals surface area contributed by atoms with Crippen LogP contribution in [0.4, 0.5) is 4.79 Å². The second kappa shape index (κ2) is 8.16. The first-order valence-corrected chi connectivity index (χ1v) is 9.34. The highest BCUT2D eigenvalue weighted by molar-refractivity contribution is 5.83. The van der Waals surface area contributed by atoms with E-state index in [0.717, 1.165) is 12.8 Å². The van der Waals surface area contributed by atoms with Gasteiger partial charge in [-0.15, -0.1) is 0 Å². The molecule has 1 aliphatic carbocycles. The Labute approximate surface area is 144 Å². The van der Waals surface area contributed by atoms with Crippen LogP contribution in [0.15, 0.2) is 0 Å². The van der Waals surface area contributed by atoms with E-state index < -0.39 is 0 Å². The fourth-order valence-electron chi connectivity index (χ4n) is 3.85. The van der Waals surface area contributed by atoms with Crippen molar-refractivity contribution < 1.29 is 14.3 Å². The minimum absolute atomic E-state index is 0.0292. The van der Waals surface area contributed by atoms with Crippen LogP contribution in [0.5, 0.6) is 0 Å². The average Bonchev–Trinajstić information content (AvgIpc) is 2.62. The Balaban J connectivity index is 1.44. The molecule has 3 fully saturated rings. The van der Waals surface area contributed by atoms with Crippen LogP contribution in [-0.2, 0) is 9.53 Å². The number of hydrogen-bond acceptors (Lipinski definition) is 4. The van der Waals surface area contributed by atoms with E-state index >= 15 is 0 Å². The van der Waals surface area contributed by atoms with E-state index in [1.165, 1.54) is 19.3 Å². The zero-order valence-corrected chi connectivity index (χ0v) is 14.6. The summed E-state index contributed by atoms with van der Waals surface area (Å²) in [7, 11) is 0. The molecule has 0 unspecified atom stereocenters. The molecule has 2 atom stereocenters. The van der Waals surface area contributed by atoms with Crippen molar-refractivity contribution in [2.75, 3.05) is 39.3 Å². The lowest BCUT2D eigenvalue weighted by Crippen LogP contribution is -2.61. The number of rotatable bonds is 2. The maximum Gasteiger partial charge on any atom is 0.317 e. The number of nitrogens with one attached hydrogen (secondary N) is 2. The summed E-state index contributed by atoms with van der Waals surface area (Å²) in [5, 5.41) is 6.40. The molecule has 7 heteroatoms. The molecule has 3 aliphatic rings. The number of carbonyl (C=O) groups is 2. The molecule has 7 nitrogen and oxygen atoms in total. The summed E-state index contributed by atoms with van der Waals surface area (Å²) in [5.41, 5.74) is 0. The molecule has 2 N–H and O–H groups in total. The third kappa shape index (κ3) is 4.19. The van der Waals surface area contributed by atoms with Crippen molar-refractivity contribution in [3.63, 3.8) is 0 Å². The van der Waals surface area contributed by atoms with Gasteiger partial charge >= 0.3 is 6.03 Å². The molecule has 0 aromatic carbocycles. The highest BCUT2D eigenvalue weighted by Gasteiger charge is 2.34. The van der Waals surface area contributed by atoms with Crippen molar-refractivity contribution in [2.45, 2.75) is 57.2 Å². The van der Waals surface area contributed by atoms with Gasteiger partial charge in [0.05, 0.1) is 12.7 Å². The van der Waals surface area contributed by atoms with Gasteiger partial charge in [0.1, 0.15) is 6.04 Å². The molecule has 0 aromatic rings. The molecule has 0 bridgehead atoms. The van der Waals surface area contributed by atoms with Crippen molar-refractivity contribution in [1.29, 1.82) is 0 Å². The molecule has 2 saturated heterocycles. The first kappa shape index (κ1) is 17.5. The van der Waals surface area contributed by atoms with E-state index in [0.29, 0.717) is 45.4 Å². The van der Waals surface area contributed by atoms with Crippen molar-refractivity contribution in [3.05, 3.63) is 0 Å². The van der Waals surface area contributed by atoms with Gasteiger partial charge in [0.2, 0.25) is 5.91 Å². The molecule has 2 aliphatic heterocycles. The van der Waals surface area contributed by atoms with Gasteiger partial charge in [0.25, 0.3) is 0 Å². The molecule has 3 rings (SSSR count). The normalized spacial score (nSPS) is 29.4. The average molecular weight is 338 g/mol. The predicted octanol–water partition coefficient (Wildman–Crippen LogP) is 0.550. The fraction of sp³-hybridized carbons (Fsp3) is 0.882. The second-order valence-corrected chi connectivity index (χ2v) is 7.10. The molecule has 0 radical (unpaired) electrons. The zero-order valence-electron chi connectivity index (χ0n) is 14.6. The number of morpholine rings is 1. The summed E-state index contributed by atoms with van der Waals surface area (Å²) in [6, 6.07) is 0.0956. The van der Waals surface area contributed by atoms with Gasteiger partial charge in [0.15, 0.2) is 0 Å². The van der Waals surface area contributed by atoms with Crippen molar-refractivity contribution >= 4 is 11.9 Å². The highest BCUT2D eigenvalue weighted by atomic mass is 16.5. The maximum absolute atomic E-state index is 12.6. The van der Waals surface area contributed by atoms with Crippen LogP contribution in [0.3, 0.4) is 0 Å². The third-order valence-corrected chi connectivity index (χ3v) is 5.39. The van der Waals surface area contributed by atoms with Crippen LogP contribution in [0.25, 0.3) is 0 Å². The summed E-state index contributed by atoms with van der Waals surface area (Å²) >= 11 is 0. The third-order valence-electron chi connectivity index (χ3n) is 5.39.